The molecule has 5 heteroatoms. The molecule has 0 radical (unpaired) electrons. The van der Waals surface area contributed by atoms with Crippen LogP contribution in [0, 0.1) is 5.82 Å². The van der Waals surface area contributed by atoms with Gasteiger partial charge in [-0.3, -0.25) is 0 Å². The lowest BCUT2D eigenvalue weighted by Crippen LogP contribution is -3.00. The van der Waals surface area contributed by atoms with E-state index >= 15 is 0 Å². The van der Waals surface area contributed by atoms with E-state index < -0.39 is 5.82 Å². The molecule has 0 aliphatic rings. The van der Waals surface area contributed by atoms with E-state index in [1.54, 1.807) is 24.3 Å². The molecule has 0 heterocycles. The normalized spacial score (nSPS) is 9.67. The molecule has 0 unspecified atom stereocenters. The van der Waals surface area contributed by atoms with Gasteiger partial charge in [-0.1, -0.05) is 24.3 Å². The molecule has 2 aromatic rings. The highest BCUT2D eigenvalue weighted by molar-refractivity contribution is 5.34. The highest BCUT2D eigenvalue weighted by atomic mass is 35.5. The van der Waals surface area contributed by atoms with Crippen molar-refractivity contribution in [2.75, 3.05) is 0 Å². The Labute approximate surface area is 111 Å². The summed E-state index contributed by atoms with van der Waals surface area (Å²) in [6, 6.07) is 13.7. The first-order chi connectivity index (χ1) is 8.29. The van der Waals surface area contributed by atoms with E-state index in [1.807, 2.05) is 18.2 Å². The van der Waals surface area contributed by atoms with Gasteiger partial charge in [0.05, 0.1) is 0 Å². The molecule has 2 aromatic carbocycles. The SMILES string of the molecule is [Cl-].[NH3+]OCc1ccc(F)c(Oc2ccccc2)c1. The van der Waals surface area contributed by atoms with Gasteiger partial charge >= 0.3 is 0 Å². The maximum absolute atomic E-state index is 13.5. The van der Waals surface area contributed by atoms with Crippen molar-refractivity contribution >= 4 is 0 Å². The Morgan fingerprint density at radius 2 is 1.78 bits per heavy atom. The third kappa shape index (κ3) is 3.70. The number of hydrogen-bond acceptors (Lipinski definition) is 2. The van der Waals surface area contributed by atoms with Crippen LogP contribution in [0.15, 0.2) is 48.5 Å². The zero-order valence-corrected chi connectivity index (χ0v) is 10.4. The molecular formula is C13H13ClFNO2. The fourth-order valence-electron chi connectivity index (χ4n) is 1.45. The predicted molar refractivity (Wildman–Crippen MR) is 60.6 cm³/mol. The Kier molecular flexibility index (Phi) is 5.58. The summed E-state index contributed by atoms with van der Waals surface area (Å²) >= 11 is 0. The van der Waals surface area contributed by atoms with Crippen molar-refractivity contribution in [2.45, 2.75) is 6.61 Å². The topological polar surface area (TPSA) is 46.1 Å². The van der Waals surface area contributed by atoms with Crippen LogP contribution in [0.4, 0.5) is 4.39 Å². The van der Waals surface area contributed by atoms with Gasteiger partial charge in [-0.05, 0) is 29.8 Å². The van der Waals surface area contributed by atoms with Crippen LogP contribution in [0.5, 0.6) is 11.5 Å². The quantitative estimate of drug-likeness (QED) is 0.746. The summed E-state index contributed by atoms with van der Waals surface area (Å²) in [7, 11) is 0. The number of ether oxygens (including phenoxy) is 1. The van der Waals surface area contributed by atoms with Gasteiger partial charge in [-0.15, -0.1) is 0 Å². The molecule has 0 saturated heterocycles. The van der Waals surface area contributed by atoms with Gasteiger partial charge in [-0.25, -0.2) is 15.1 Å². The van der Waals surface area contributed by atoms with Gasteiger partial charge in [0.2, 0.25) is 0 Å². The molecule has 18 heavy (non-hydrogen) atoms. The second-order valence-corrected chi connectivity index (χ2v) is 3.53. The summed E-state index contributed by atoms with van der Waals surface area (Å²) in [5.74, 6) is 3.66. The molecule has 0 bridgehead atoms. The monoisotopic (exact) mass is 269 g/mol. The van der Waals surface area contributed by atoms with Crippen LogP contribution in [-0.2, 0) is 11.4 Å². The molecule has 0 amide bonds. The molecule has 0 fully saturated rings. The Bertz CT molecular complexity index is 494. The smallest absolute Gasteiger partial charge is 0.165 e. The Morgan fingerprint density at radius 3 is 2.44 bits per heavy atom. The first-order valence-electron chi connectivity index (χ1n) is 5.18. The minimum atomic E-state index is -0.401. The summed E-state index contributed by atoms with van der Waals surface area (Å²) in [5, 5.41) is 0. The average molecular weight is 270 g/mol. The van der Waals surface area contributed by atoms with Crippen LogP contribution in [0.2, 0.25) is 0 Å². The maximum Gasteiger partial charge on any atom is 0.165 e. The summed E-state index contributed by atoms with van der Waals surface area (Å²) in [5.41, 5.74) is 0.812. The van der Waals surface area contributed by atoms with E-state index in [1.165, 1.54) is 6.07 Å². The fourth-order valence-corrected chi connectivity index (χ4v) is 1.45. The van der Waals surface area contributed by atoms with Crippen molar-refractivity contribution in [3.63, 3.8) is 0 Å². The Balaban J connectivity index is 0.00000162. The van der Waals surface area contributed by atoms with Gasteiger partial charge in [0.1, 0.15) is 12.4 Å². The van der Waals surface area contributed by atoms with Gasteiger partial charge in [-0.2, -0.15) is 0 Å². The number of rotatable bonds is 4. The third-order valence-corrected chi connectivity index (χ3v) is 2.24. The lowest BCUT2D eigenvalue weighted by atomic mass is 10.2. The number of benzene rings is 2. The number of quaternary nitrogens is 1. The molecule has 0 saturated carbocycles. The van der Waals surface area contributed by atoms with E-state index in [2.05, 4.69) is 5.90 Å². The van der Waals surface area contributed by atoms with Crippen molar-refractivity contribution in [1.29, 1.82) is 0 Å². The Hall–Kier alpha value is -1.62. The van der Waals surface area contributed by atoms with E-state index in [0.29, 0.717) is 12.4 Å². The van der Waals surface area contributed by atoms with Gasteiger partial charge in [0, 0.05) is 0 Å². The molecule has 0 aromatic heterocycles. The molecule has 3 N–H and O–H groups in total. The first-order valence-corrected chi connectivity index (χ1v) is 5.18. The molecule has 2 rings (SSSR count). The highest BCUT2D eigenvalue weighted by Crippen LogP contribution is 2.25. The average Bonchev–Trinajstić information content (AvgIpc) is 2.35. The van der Waals surface area contributed by atoms with Crippen molar-refractivity contribution < 1.29 is 32.3 Å². The molecule has 3 nitrogen and oxygen atoms in total. The number of halogens is 2. The lowest BCUT2D eigenvalue weighted by Gasteiger charge is -2.07. The van der Waals surface area contributed by atoms with Gasteiger partial charge < -0.3 is 17.1 Å². The fraction of sp³-hybridized carbons (Fsp3) is 0.0769. The molecule has 96 valence electrons. The van der Waals surface area contributed by atoms with Crippen LogP contribution >= 0.6 is 0 Å². The van der Waals surface area contributed by atoms with Crippen LogP contribution in [0.25, 0.3) is 0 Å². The van der Waals surface area contributed by atoms with E-state index in [-0.39, 0.29) is 18.2 Å². The highest BCUT2D eigenvalue weighted by Gasteiger charge is 2.06. The largest absolute Gasteiger partial charge is 1.00 e. The predicted octanol–water partition coefficient (Wildman–Crippen LogP) is -0.704. The van der Waals surface area contributed by atoms with E-state index in [9.17, 15) is 4.39 Å². The third-order valence-electron chi connectivity index (χ3n) is 2.24. The van der Waals surface area contributed by atoms with E-state index in [4.69, 9.17) is 9.57 Å². The van der Waals surface area contributed by atoms with Crippen LogP contribution in [0.1, 0.15) is 5.56 Å². The van der Waals surface area contributed by atoms with Crippen molar-refractivity contribution in [2.24, 2.45) is 0 Å². The number of hydrogen-bond donors (Lipinski definition) is 1. The molecular weight excluding hydrogens is 257 g/mol. The van der Waals surface area contributed by atoms with Gasteiger partial charge in [0.25, 0.3) is 0 Å². The summed E-state index contributed by atoms with van der Waals surface area (Å²) in [6.07, 6.45) is 0. The summed E-state index contributed by atoms with van der Waals surface area (Å²) in [6.45, 7) is 0.325. The summed E-state index contributed by atoms with van der Waals surface area (Å²) in [4.78, 5) is 4.74. The molecule has 0 aliphatic heterocycles. The molecule has 0 spiro atoms. The van der Waals surface area contributed by atoms with Crippen LogP contribution < -0.4 is 23.0 Å². The summed E-state index contributed by atoms with van der Waals surface area (Å²) < 4.78 is 19.0. The lowest BCUT2D eigenvalue weighted by molar-refractivity contribution is -0.695. The Morgan fingerprint density at radius 1 is 1.06 bits per heavy atom. The standard InChI is InChI=1S/C13H13FNO2.ClH/c14-12-7-6-10(9-16-15)8-13(12)17-11-4-2-1-3-5-11;/h1-8H,9H2,15H3;1H/q+1;/p-1. The first kappa shape index (κ1) is 14.4. The second-order valence-electron chi connectivity index (χ2n) is 3.53. The zero-order valence-electron chi connectivity index (χ0n) is 9.61. The van der Waals surface area contributed by atoms with Gasteiger partial charge in [0.15, 0.2) is 11.6 Å². The van der Waals surface area contributed by atoms with Crippen LogP contribution in [0.3, 0.4) is 0 Å². The van der Waals surface area contributed by atoms with Crippen LogP contribution in [-0.4, -0.2) is 0 Å². The van der Waals surface area contributed by atoms with Crippen molar-refractivity contribution in [1.82, 2.24) is 0 Å². The second kappa shape index (κ2) is 6.96. The van der Waals surface area contributed by atoms with Crippen molar-refractivity contribution in [3.8, 4) is 11.5 Å². The minimum absolute atomic E-state index is 0. The maximum atomic E-state index is 13.5. The zero-order chi connectivity index (χ0) is 12.1. The molecule has 0 atom stereocenters. The number of para-hydroxylation sites is 1. The molecule has 0 aliphatic carbocycles. The minimum Gasteiger partial charge on any atom is -1.00 e. The van der Waals surface area contributed by atoms with E-state index in [0.717, 1.165) is 5.56 Å². The van der Waals surface area contributed by atoms with Crippen molar-refractivity contribution in [3.05, 3.63) is 59.9 Å².